The molecule has 2 aromatic rings. The Morgan fingerprint density at radius 2 is 1.74 bits per heavy atom. The van der Waals surface area contributed by atoms with Gasteiger partial charge in [0.25, 0.3) is 5.91 Å². The van der Waals surface area contributed by atoms with Crippen LogP contribution in [0.15, 0.2) is 54.0 Å². The highest BCUT2D eigenvalue weighted by atomic mass is 19.4. The van der Waals surface area contributed by atoms with Crippen molar-refractivity contribution in [2.45, 2.75) is 75.9 Å². The Kier molecular flexibility index (Phi) is 11.0. The number of phenols is 1. The summed E-state index contributed by atoms with van der Waals surface area (Å²) in [5, 5.41) is 15.2. The molecule has 6 heterocycles. The highest BCUT2D eigenvalue weighted by molar-refractivity contribution is 6.05. The van der Waals surface area contributed by atoms with Gasteiger partial charge in [0.05, 0.1) is 18.8 Å². The second-order valence-electron chi connectivity index (χ2n) is 17.3. The minimum atomic E-state index is -4.81. The fourth-order valence-electron chi connectivity index (χ4n) is 10.1. The molecule has 0 aliphatic carbocycles. The number of fused-ring (bicyclic) bond motifs is 2. The average Bonchev–Trinajstić information content (AvgIpc) is 3.54. The second kappa shape index (κ2) is 16.0. The van der Waals surface area contributed by atoms with Crippen LogP contribution >= 0.6 is 0 Å². The lowest BCUT2D eigenvalue weighted by Crippen LogP contribution is -2.75. The number of para-hydroxylation sites is 1. The summed E-state index contributed by atoms with van der Waals surface area (Å²) in [6.45, 7) is 6.23. The normalized spacial score (nSPS) is 27.0. The first kappa shape index (κ1) is 42.0. The maximum atomic E-state index is 15.3. The van der Waals surface area contributed by atoms with Gasteiger partial charge in [-0.3, -0.25) is 24.6 Å². The van der Waals surface area contributed by atoms with Gasteiger partial charge in [0.1, 0.15) is 11.9 Å². The number of piperazine rings is 2. The summed E-state index contributed by atoms with van der Waals surface area (Å²) in [5.41, 5.74) is 11.9. The molecule has 0 bridgehead atoms. The monoisotopic (exact) mass is 852 g/mol. The highest BCUT2D eigenvalue weighted by Gasteiger charge is 2.63. The zero-order chi connectivity index (χ0) is 43.5. The van der Waals surface area contributed by atoms with Crippen LogP contribution < -0.4 is 27.0 Å². The first-order valence-electron chi connectivity index (χ1n) is 20.8. The van der Waals surface area contributed by atoms with E-state index in [-0.39, 0.29) is 66.2 Å². The molecule has 2 aromatic carbocycles. The number of carbonyl (C=O) groups excluding carboxylic acids is 4. The smallest absolute Gasteiger partial charge is 0.415 e. The largest absolute Gasteiger partial charge is 0.504 e. The summed E-state index contributed by atoms with van der Waals surface area (Å²) in [5.74, 6) is -2.31. The molecule has 6 aliphatic rings. The average molecular weight is 853 g/mol. The Balaban J connectivity index is 0.873. The highest BCUT2D eigenvalue weighted by Crippen LogP contribution is 2.43. The number of nitrogens with one attached hydrogen (secondary N) is 2. The Morgan fingerprint density at radius 3 is 2.43 bits per heavy atom. The summed E-state index contributed by atoms with van der Waals surface area (Å²) < 4.78 is 59.9. The van der Waals surface area contributed by atoms with Crippen LogP contribution in [-0.4, -0.2) is 142 Å². The Hall–Kier alpha value is -5.72. The predicted molar refractivity (Wildman–Crippen MR) is 217 cm³/mol. The van der Waals surface area contributed by atoms with E-state index in [1.165, 1.54) is 23.1 Å². The van der Waals surface area contributed by atoms with Crippen LogP contribution in [0.2, 0.25) is 0 Å². The van der Waals surface area contributed by atoms with E-state index in [9.17, 15) is 28.7 Å². The molecular formula is C42H52F4N10O5. The number of hydrogen-bond donors (Lipinski definition) is 5. The number of alkyl halides is 3. The van der Waals surface area contributed by atoms with Crippen LogP contribution in [0, 0.1) is 11.7 Å². The maximum absolute atomic E-state index is 15.3. The molecule has 4 fully saturated rings. The van der Waals surface area contributed by atoms with Crippen LogP contribution in [0.3, 0.4) is 0 Å². The van der Waals surface area contributed by atoms with E-state index in [0.29, 0.717) is 37.5 Å². The third-order valence-corrected chi connectivity index (χ3v) is 13.3. The predicted octanol–water partition coefficient (Wildman–Crippen LogP) is 2.67. The molecule has 7 N–H and O–H groups in total. The molecule has 19 heteroatoms. The van der Waals surface area contributed by atoms with Crippen LogP contribution in [0.25, 0.3) is 5.70 Å². The first-order chi connectivity index (χ1) is 29.0. The van der Waals surface area contributed by atoms with Crippen LogP contribution in [0.5, 0.6) is 5.75 Å². The van der Waals surface area contributed by atoms with Gasteiger partial charge in [-0.05, 0) is 74.9 Å². The number of nitrogens with two attached hydrogens (primary N) is 2. The minimum absolute atomic E-state index is 0.0128. The molecule has 0 aromatic heterocycles. The van der Waals surface area contributed by atoms with E-state index in [0.717, 1.165) is 54.7 Å². The number of rotatable bonds is 6. The van der Waals surface area contributed by atoms with E-state index in [1.807, 2.05) is 32.0 Å². The van der Waals surface area contributed by atoms with Gasteiger partial charge in [0.2, 0.25) is 11.8 Å². The summed E-state index contributed by atoms with van der Waals surface area (Å²) in [6.07, 6.45) is -1.28. The van der Waals surface area contributed by atoms with Gasteiger partial charge >= 0.3 is 12.2 Å². The number of carbonyl (C=O) groups is 4. The number of hydrogen-bond acceptors (Lipinski definition) is 11. The molecule has 0 spiro atoms. The number of imide groups is 1. The zero-order valence-electron chi connectivity index (χ0n) is 34.2. The second-order valence-corrected chi connectivity index (χ2v) is 17.3. The number of amides is 5. The van der Waals surface area contributed by atoms with E-state index in [2.05, 4.69) is 20.4 Å². The van der Waals surface area contributed by atoms with Crippen molar-refractivity contribution in [3.05, 3.63) is 76.5 Å². The lowest BCUT2D eigenvalue weighted by atomic mass is 9.89. The van der Waals surface area contributed by atoms with Gasteiger partial charge < -0.3 is 46.4 Å². The van der Waals surface area contributed by atoms with E-state index in [1.54, 1.807) is 9.80 Å². The number of anilines is 1. The van der Waals surface area contributed by atoms with Gasteiger partial charge in [0, 0.05) is 93.4 Å². The molecule has 61 heavy (non-hydrogen) atoms. The van der Waals surface area contributed by atoms with E-state index >= 15 is 13.2 Å². The molecular weight excluding hydrogens is 801 g/mol. The first-order valence-corrected chi connectivity index (χ1v) is 20.8. The number of allylic oxidation sites excluding steroid dienone is 1. The molecule has 8 rings (SSSR count). The SMILES string of the molecule is CC1CN(CC2CCN(c3ccc4c(c3)C(=O)N(C3CCC(=O)NC3=O)C4)CC2)CC(C)N1C(=O)N1CCN2C(/C=C(\N)c3cccc(F)c3O)=C(N)NCC2(C(F)(F)F)C1. The third-order valence-electron chi connectivity index (χ3n) is 13.3. The van der Waals surface area contributed by atoms with Gasteiger partial charge in [-0.2, -0.15) is 13.2 Å². The van der Waals surface area contributed by atoms with Crippen molar-refractivity contribution in [3.63, 3.8) is 0 Å². The van der Waals surface area contributed by atoms with Crippen molar-refractivity contribution in [2.24, 2.45) is 17.4 Å². The number of nitrogens with zero attached hydrogens (tertiary/aromatic N) is 6. The molecule has 0 radical (unpaired) electrons. The molecule has 6 aliphatic heterocycles. The fraction of sp³-hybridized carbons (Fsp3) is 0.524. The zero-order valence-corrected chi connectivity index (χ0v) is 34.2. The molecule has 328 valence electrons. The Morgan fingerprint density at radius 1 is 1.02 bits per heavy atom. The standard InChI is InChI=1S/C42H52F4N10O5/c1-24-18-51(20-26-10-12-52(13-11-26)28-7-6-27-21-54(39(60)30(27)16-28)33-8-9-35(57)50-38(33)59)19-25(2)56(24)40(61)53-14-15-55-34(17-32(47)29-4-3-5-31(43)36(29)58)37(48)49-22-41(55,23-53)42(44,45)46/h3-7,16-17,24-26,33,49,58H,8-15,18-23,47-48H2,1-2H3,(H,50,57,59)/b32-17-. The van der Waals surface area contributed by atoms with Gasteiger partial charge in [-0.25, -0.2) is 9.18 Å². The maximum Gasteiger partial charge on any atom is 0.415 e. The number of urea groups is 1. The quantitative estimate of drug-likeness (QED) is 0.213. The van der Waals surface area contributed by atoms with Crippen molar-refractivity contribution in [2.75, 3.05) is 63.8 Å². The number of phenolic OH excluding ortho intramolecular Hbond substituents is 1. The van der Waals surface area contributed by atoms with Crippen molar-refractivity contribution in [3.8, 4) is 5.75 Å². The third kappa shape index (κ3) is 7.65. The summed E-state index contributed by atoms with van der Waals surface area (Å²) >= 11 is 0. The molecule has 4 atom stereocenters. The topological polar surface area (TPSA) is 184 Å². The number of benzene rings is 2. The number of piperidine rings is 2. The van der Waals surface area contributed by atoms with Crippen molar-refractivity contribution in [1.82, 2.24) is 35.1 Å². The summed E-state index contributed by atoms with van der Waals surface area (Å²) in [6, 6.07) is 7.91. The van der Waals surface area contributed by atoms with E-state index < -0.39 is 54.4 Å². The molecule has 5 amide bonds. The Labute approximate surface area is 350 Å². The number of halogens is 4. The lowest BCUT2D eigenvalue weighted by molar-refractivity contribution is -0.238. The lowest BCUT2D eigenvalue weighted by Gasteiger charge is -2.56. The summed E-state index contributed by atoms with van der Waals surface area (Å²) in [7, 11) is 0. The van der Waals surface area contributed by atoms with Crippen LogP contribution in [-0.2, 0) is 16.1 Å². The van der Waals surface area contributed by atoms with Crippen molar-refractivity contribution >= 4 is 35.1 Å². The number of aromatic hydroxyl groups is 1. The molecule has 15 nitrogen and oxygen atoms in total. The summed E-state index contributed by atoms with van der Waals surface area (Å²) in [4.78, 5) is 62.0. The van der Waals surface area contributed by atoms with Crippen LogP contribution in [0.4, 0.5) is 28.0 Å². The van der Waals surface area contributed by atoms with Gasteiger partial charge in [0.15, 0.2) is 17.1 Å². The van der Waals surface area contributed by atoms with E-state index in [4.69, 9.17) is 11.5 Å². The van der Waals surface area contributed by atoms with Crippen molar-refractivity contribution in [1.29, 1.82) is 0 Å². The van der Waals surface area contributed by atoms with Gasteiger partial charge in [-0.1, -0.05) is 12.1 Å². The van der Waals surface area contributed by atoms with Crippen molar-refractivity contribution < 1.29 is 41.8 Å². The van der Waals surface area contributed by atoms with Gasteiger partial charge in [-0.15, -0.1) is 0 Å². The fourth-order valence-corrected chi connectivity index (χ4v) is 10.1. The molecule has 4 saturated heterocycles. The minimum Gasteiger partial charge on any atom is -0.504 e. The Bertz CT molecular complexity index is 2160. The molecule has 4 unspecified atom stereocenters. The van der Waals surface area contributed by atoms with Crippen LogP contribution in [0.1, 0.15) is 61.0 Å². The molecule has 0 saturated carbocycles.